The van der Waals surface area contributed by atoms with Crippen LogP contribution in [-0.2, 0) is 14.8 Å². The fourth-order valence-corrected chi connectivity index (χ4v) is 8.14. The van der Waals surface area contributed by atoms with Crippen LogP contribution in [0, 0.1) is 12.8 Å². The Morgan fingerprint density at radius 1 is 1.03 bits per heavy atom. The van der Waals surface area contributed by atoms with Gasteiger partial charge in [-0.1, -0.05) is 60.9 Å². The second-order valence-electron chi connectivity index (χ2n) is 8.58. The number of hydrogen-bond donors (Lipinski definition) is 1. The second kappa shape index (κ2) is 9.35. The van der Waals surface area contributed by atoms with Crippen molar-refractivity contribution in [1.82, 2.24) is 4.31 Å². The summed E-state index contributed by atoms with van der Waals surface area (Å²) in [4.78, 5) is 12.4. The maximum absolute atomic E-state index is 13.6. The third-order valence-corrected chi connectivity index (χ3v) is 10.0. The van der Waals surface area contributed by atoms with Crippen LogP contribution in [0.5, 0.6) is 0 Å². The topological polar surface area (TPSA) is 74.7 Å². The summed E-state index contributed by atoms with van der Waals surface area (Å²) < 4.78 is 28.6. The Balaban J connectivity index is 1.72. The molecule has 31 heavy (non-hydrogen) atoms. The van der Waals surface area contributed by atoms with Crippen molar-refractivity contribution in [2.75, 3.05) is 6.54 Å². The minimum Gasteiger partial charge on any atom is -0.481 e. The van der Waals surface area contributed by atoms with Gasteiger partial charge in [0.15, 0.2) is 0 Å². The van der Waals surface area contributed by atoms with Gasteiger partial charge in [-0.15, -0.1) is 0 Å². The van der Waals surface area contributed by atoms with Crippen LogP contribution >= 0.6 is 11.8 Å². The highest BCUT2D eigenvalue weighted by molar-refractivity contribution is 8.00. The summed E-state index contributed by atoms with van der Waals surface area (Å²) in [5.41, 5.74) is 2.03. The van der Waals surface area contributed by atoms with Gasteiger partial charge in [0.05, 0.1) is 16.9 Å². The molecule has 2 aromatic rings. The standard InChI is InChI=1S/C24H29NO4S2/c1-17-11-13-18(14-12-17)22-15-23(30-19-7-5-6-8-19)21(24(26)27)16-25(22)31(28,29)20-9-3-2-4-10-20/h2-4,9-14,19,21-23H,5-8,15-16H2,1H3,(H,26,27)/t21-,22+,23-/m1/s1. The van der Waals surface area contributed by atoms with Crippen molar-refractivity contribution in [1.29, 1.82) is 0 Å². The fraction of sp³-hybridized carbons (Fsp3) is 0.458. The highest BCUT2D eigenvalue weighted by atomic mass is 32.2. The molecular formula is C24H29NO4S2. The van der Waals surface area contributed by atoms with Crippen LogP contribution in [-0.4, -0.2) is 40.8 Å². The molecule has 0 spiro atoms. The number of hydrogen-bond acceptors (Lipinski definition) is 4. The highest BCUT2D eigenvalue weighted by Crippen LogP contribution is 2.45. The van der Waals surface area contributed by atoms with Crippen LogP contribution in [0.4, 0.5) is 0 Å². The van der Waals surface area contributed by atoms with Crippen LogP contribution in [0.2, 0.25) is 0 Å². The molecule has 4 rings (SSSR count). The number of carbonyl (C=O) groups is 1. The number of nitrogens with zero attached hydrogens (tertiary/aromatic N) is 1. The lowest BCUT2D eigenvalue weighted by Crippen LogP contribution is -2.49. The molecule has 0 bridgehead atoms. The van der Waals surface area contributed by atoms with Crippen molar-refractivity contribution < 1.29 is 18.3 Å². The highest BCUT2D eigenvalue weighted by Gasteiger charge is 2.46. The lowest BCUT2D eigenvalue weighted by Gasteiger charge is -2.42. The van der Waals surface area contributed by atoms with E-state index in [1.54, 1.807) is 42.1 Å². The molecule has 1 saturated heterocycles. The molecule has 2 fully saturated rings. The van der Waals surface area contributed by atoms with E-state index in [4.69, 9.17) is 0 Å². The molecule has 1 N–H and O–H groups in total. The van der Waals surface area contributed by atoms with Gasteiger partial charge < -0.3 is 5.11 Å². The first-order valence-corrected chi connectivity index (χ1v) is 13.3. The number of thioether (sulfide) groups is 1. The molecule has 1 saturated carbocycles. The van der Waals surface area contributed by atoms with Gasteiger partial charge in [-0.05, 0) is 43.9 Å². The Labute approximate surface area is 188 Å². The molecule has 0 radical (unpaired) electrons. The monoisotopic (exact) mass is 459 g/mol. The van der Waals surface area contributed by atoms with Crippen molar-refractivity contribution >= 4 is 27.8 Å². The molecule has 5 nitrogen and oxygen atoms in total. The van der Waals surface area contributed by atoms with E-state index in [2.05, 4.69) is 0 Å². The third-order valence-electron chi connectivity index (χ3n) is 6.43. The van der Waals surface area contributed by atoms with Crippen molar-refractivity contribution in [2.24, 2.45) is 5.92 Å². The van der Waals surface area contributed by atoms with Gasteiger partial charge in [0.2, 0.25) is 10.0 Å². The van der Waals surface area contributed by atoms with Gasteiger partial charge in [-0.3, -0.25) is 4.79 Å². The molecule has 7 heteroatoms. The zero-order valence-corrected chi connectivity index (χ0v) is 19.3. The molecule has 0 unspecified atom stereocenters. The Kier molecular flexibility index (Phi) is 6.74. The van der Waals surface area contributed by atoms with Crippen LogP contribution in [0.3, 0.4) is 0 Å². The summed E-state index contributed by atoms with van der Waals surface area (Å²) in [6.45, 7) is 2.00. The van der Waals surface area contributed by atoms with Crippen molar-refractivity contribution in [3.05, 3.63) is 65.7 Å². The van der Waals surface area contributed by atoms with Crippen LogP contribution in [0.15, 0.2) is 59.5 Å². The van der Waals surface area contributed by atoms with Gasteiger partial charge in [-0.2, -0.15) is 16.1 Å². The van der Waals surface area contributed by atoms with Crippen molar-refractivity contribution in [2.45, 2.75) is 60.5 Å². The smallest absolute Gasteiger partial charge is 0.308 e. The van der Waals surface area contributed by atoms with Crippen LogP contribution in [0.1, 0.15) is 49.3 Å². The lowest BCUT2D eigenvalue weighted by atomic mass is 9.90. The summed E-state index contributed by atoms with van der Waals surface area (Å²) in [5.74, 6) is -1.63. The number of piperidine rings is 1. The molecule has 0 aromatic heterocycles. The quantitative estimate of drug-likeness (QED) is 0.667. The van der Waals surface area contributed by atoms with Gasteiger partial charge in [0.1, 0.15) is 0 Å². The summed E-state index contributed by atoms with van der Waals surface area (Å²) in [7, 11) is -3.83. The predicted octanol–water partition coefficient (Wildman–Crippen LogP) is 4.88. The molecular weight excluding hydrogens is 430 g/mol. The third kappa shape index (κ3) is 4.83. The van der Waals surface area contributed by atoms with E-state index in [0.29, 0.717) is 11.7 Å². The van der Waals surface area contributed by atoms with E-state index < -0.39 is 21.9 Å². The summed E-state index contributed by atoms with van der Waals surface area (Å²) in [6.07, 6.45) is 5.13. The number of benzene rings is 2. The minimum atomic E-state index is -3.83. The Bertz CT molecular complexity index is 1000. The first-order chi connectivity index (χ1) is 14.9. The number of aliphatic carboxylic acids is 1. The molecule has 0 amide bonds. The predicted molar refractivity (Wildman–Crippen MR) is 124 cm³/mol. The second-order valence-corrected chi connectivity index (χ2v) is 12.0. The Morgan fingerprint density at radius 2 is 1.68 bits per heavy atom. The van der Waals surface area contributed by atoms with Gasteiger partial charge in [-0.25, -0.2) is 8.42 Å². The maximum Gasteiger partial charge on any atom is 0.308 e. The van der Waals surface area contributed by atoms with Crippen molar-refractivity contribution in [3.8, 4) is 0 Å². The molecule has 1 heterocycles. The number of aryl methyl sites for hydroxylation is 1. The first-order valence-electron chi connectivity index (χ1n) is 10.9. The Morgan fingerprint density at radius 3 is 2.29 bits per heavy atom. The zero-order chi connectivity index (χ0) is 22.0. The molecule has 3 atom stereocenters. The van der Waals surface area contributed by atoms with E-state index in [1.807, 2.05) is 31.2 Å². The molecule has 1 aliphatic carbocycles. The molecule has 2 aromatic carbocycles. The van der Waals surface area contributed by atoms with Gasteiger partial charge in [0.25, 0.3) is 0 Å². The average molecular weight is 460 g/mol. The summed E-state index contributed by atoms with van der Waals surface area (Å²) in [6, 6.07) is 15.9. The van der Waals surface area contributed by atoms with Crippen LogP contribution in [0.25, 0.3) is 0 Å². The average Bonchev–Trinajstić information content (AvgIpc) is 3.27. The van der Waals surface area contributed by atoms with E-state index in [9.17, 15) is 18.3 Å². The van der Waals surface area contributed by atoms with E-state index in [0.717, 1.165) is 24.0 Å². The first kappa shape index (κ1) is 22.4. The lowest BCUT2D eigenvalue weighted by molar-refractivity contribution is -0.143. The SMILES string of the molecule is Cc1ccc([C@@H]2C[C@@H](SC3CCCC3)[C@H](C(=O)O)CN2S(=O)(=O)c2ccccc2)cc1. The molecule has 2 aliphatic rings. The molecule has 1 aliphatic heterocycles. The van der Waals surface area contributed by atoms with Crippen LogP contribution < -0.4 is 0 Å². The number of sulfonamides is 1. The van der Waals surface area contributed by atoms with Crippen molar-refractivity contribution in [3.63, 3.8) is 0 Å². The summed E-state index contributed by atoms with van der Waals surface area (Å²) >= 11 is 1.77. The number of carboxylic acid groups (broad SMARTS) is 1. The number of rotatable bonds is 6. The normalized spacial score (nSPS) is 25.5. The summed E-state index contributed by atoms with van der Waals surface area (Å²) in [5, 5.41) is 10.4. The van der Waals surface area contributed by atoms with E-state index >= 15 is 0 Å². The Hall–Kier alpha value is -1.83. The largest absolute Gasteiger partial charge is 0.481 e. The van der Waals surface area contributed by atoms with Gasteiger partial charge >= 0.3 is 5.97 Å². The van der Waals surface area contributed by atoms with E-state index in [1.165, 1.54) is 17.1 Å². The van der Waals surface area contributed by atoms with Gasteiger partial charge in [0, 0.05) is 17.0 Å². The van der Waals surface area contributed by atoms with E-state index in [-0.39, 0.29) is 22.7 Å². The molecule has 166 valence electrons. The minimum absolute atomic E-state index is 0.00447. The maximum atomic E-state index is 13.6. The number of carboxylic acids is 1. The fourth-order valence-electron chi connectivity index (χ4n) is 4.68. The zero-order valence-electron chi connectivity index (χ0n) is 17.7.